The smallest absolute Gasteiger partial charge is 0.321 e. The highest BCUT2D eigenvalue weighted by Crippen LogP contribution is 2.30. The molecule has 3 rings (SSSR count). The molecule has 0 aliphatic carbocycles. The van der Waals surface area contributed by atoms with Crippen LogP contribution in [-0.4, -0.2) is 38.8 Å². The molecule has 2 amide bonds. The SMILES string of the molecule is CC(C)(C)c1ccccc1NC(=O)N1CCC(n2cncn2)CC1. The van der Waals surface area contributed by atoms with Gasteiger partial charge in [-0.25, -0.2) is 14.5 Å². The lowest BCUT2D eigenvalue weighted by Crippen LogP contribution is -2.41. The first-order valence-corrected chi connectivity index (χ1v) is 8.45. The fourth-order valence-corrected chi connectivity index (χ4v) is 3.18. The molecule has 2 heterocycles. The zero-order chi connectivity index (χ0) is 17.2. The maximum absolute atomic E-state index is 12.6. The zero-order valence-corrected chi connectivity index (χ0v) is 14.6. The van der Waals surface area contributed by atoms with Crippen LogP contribution in [0.3, 0.4) is 0 Å². The van der Waals surface area contributed by atoms with Crippen LogP contribution in [0.1, 0.15) is 45.2 Å². The van der Waals surface area contributed by atoms with Crippen LogP contribution in [0.25, 0.3) is 0 Å². The number of amides is 2. The second-order valence-corrected chi connectivity index (χ2v) is 7.32. The summed E-state index contributed by atoms with van der Waals surface area (Å²) in [6.45, 7) is 7.92. The van der Waals surface area contributed by atoms with Gasteiger partial charge in [0.2, 0.25) is 0 Å². The molecule has 1 fully saturated rings. The summed E-state index contributed by atoms with van der Waals surface area (Å²) in [5.41, 5.74) is 2.04. The topological polar surface area (TPSA) is 63.1 Å². The largest absolute Gasteiger partial charge is 0.324 e. The highest BCUT2D eigenvalue weighted by molar-refractivity contribution is 5.90. The van der Waals surface area contributed by atoms with E-state index in [0.717, 1.165) is 37.2 Å². The van der Waals surface area contributed by atoms with Crippen LogP contribution >= 0.6 is 0 Å². The third kappa shape index (κ3) is 3.58. The lowest BCUT2D eigenvalue weighted by Gasteiger charge is -2.32. The standard InChI is InChI=1S/C18H25N5O/c1-18(2,3)15-6-4-5-7-16(15)21-17(24)22-10-8-14(9-11-22)23-13-19-12-20-23/h4-7,12-14H,8-11H2,1-3H3,(H,21,24). The molecular formula is C18H25N5O. The number of para-hydroxylation sites is 1. The Bertz CT molecular complexity index is 682. The van der Waals surface area contributed by atoms with Crippen LogP contribution in [0.5, 0.6) is 0 Å². The maximum atomic E-state index is 12.6. The molecule has 2 aromatic rings. The fraction of sp³-hybridized carbons (Fsp3) is 0.500. The Hall–Kier alpha value is -2.37. The number of hydrogen-bond acceptors (Lipinski definition) is 3. The van der Waals surface area contributed by atoms with Gasteiger partial charge >= 0.3 is 6.03 Å². The Morgan fingerprint density at radius 1 is 1.21 bits per heavy atom. The number of rotatable bonds is 2. The Labute approximate surface area is 142 Å². The average molecular weight is 327 g/mol. The molecule has 1 aliphatic rings. The Morgan fingerprint density at radius 3 is 2.54 bits per heavy atom. The van der Waals surface area contributed by atoms with Crippen molar-refractivity contribution < 1.29 is 4.79 Å². The van der Waals surface area contributed by atoms with Gasteiger partial charge in [0.15, 0.2) is 0 Å². The minimum Gasteiger partial charge on any atom is -0.324 e. The van der Waals surface area contributed by atoms with Gasteiger partial charge in [0.05, 0.1) is 6.04 Å². The summed E-state index contributed by atoms with van der Waals surface area (Å²) in [6, 6.07) is 8.33. The second-order valence-electron chi connectivity index (χ2n) is 7.32. The van der Waals surface area contributed by atoms with E-state index in [9.17, 15) is 4.79 Å². The number of benzene rings is 1. The molecule has 1 aliphatic heterocycles. The molecule has 1 N–H and O–H groups in total. The van der Waals surface area contributed by atoms with Gasteiger partial charge in [-0.05, 0) is 29.9 Å². The number of urea groups is 1. The monoisotopic (exact) mass is 327 g/mol. The number of nitrogens with zero attached hydrogens (tertiary/aromatic N) is 4. The first-order valence-electron chi connectivity index (χ1n) is 8.45. The number of piperidine rings is 1. The molecule has 1 aromatic heterocycles. The van der Waals surface area contributed by atoms with E-state index in [2.05, 4.69) is 42.2 Å². The van der Waals surface area contributed by atoms with Crippen molar-refractivity contribution in [3.63, 3.8) is 0 Å². The normalized spacial score (nSPS) is 16.2. The number of likely N-dealkylation sites (tertiary alicyclic amines) is 1. The van der Waals surface area contributed by atoms with Crippen LogP contribution < -0.4 is 5.32 Å². The summed E-state index contributed by atoms with van der Waals surface area (Å²) in [5, 5.41) is 7.29. The van der Waals surface area contributed by atoms with Crippen molar-refractivity contribution in [2.45, 2.75) is 45.1 Å². The van der Waals surface area contributed by atoms with Crippen molar-refractivity contribution in [3.8, 4) is 0 Å². The molecule has 1 saturated heterocycles. The van der Waals surface area contributed by atoms with E-state index < -0.39 is 0 Å². The van der Waals surface area contributed by atoms with E-state index >= 15 is 0 Å². The molecule has 0 radical (unpaired) electrons. The summed E-state index contributed by atoms with van der Waals surface area (Å²) in [4.78, 5) is 18.5. The van der Waals surface area contributed by atoms with Crippen molar-refractivity contribution in [3.05, 3.63) is 42.5 Å². The van der Waals surface area contributed by atoms with Gasteiger partial charge in [0, 0.05) is 18.8 Å². The van der Waals surface area contributed by atoms with E-state index in [1.165, 1.54) is 0 Å². The molecule has 6 heteroatoms. The third-order valence-corrected chi connectivity index (χ3v) is 4.54. The molecule has 24 heavy (non-hydrogen) atoms. The van der Waals surface area contributed by atoms with Gasteiger partial charge in [-0.2, -0.15) is 5.10 Å². The van der Waals surface area contributed by atoms with E-state index in [1.54, 1.807) is 12.7 Å². The summed E-state index contributed by atoms with van der Waals surface area (Å²) < 4.78 is 1.89. The quantitative estimate of drug-likeness (QED) is 0.919. The Morgan fingerprint density at radius 2 is 1.92 bits per heavy atom. The van der Waals surface area contributed by atoms with Gasteiger partial charge in [-0.1, -0.05) is 39.0 Å². The predicted molar refractivity (Wildman–Crippen MR) is 94.0 cm³/mol. The summed E-state index contributed by atoms with van der Waals surface area (Å²) in [5.74, 6) is 0. The fourth-order valence-electron chi connectivity index (χ4n) is 3.18. The highest BCUT2D eigenvalue weighted by Gasteiger charge is 2.25. The van der Waals surface area contributed by atoms with Crippen LogP contribution in [-0.2, 0) is 5.41 Å². The van der Waals surface area contributed by atoms with E-state index in [-0.39, 0.29) is 11.4 Å². The lowest BCUT2D eigenvalue weighted by molar-refractivity contribution is 0.180. The van der Waals surface area contributed by atoms with Crippen LogP contribution in [0.4, 0.5) is 10.5 Å². The average Bonchev–Trinajstić information content (AvgIpc) is 3.09. The lowest BCUT2D eigenvalue weighted by atomic mass is 9.86. The maximum Gasteiger partial charge on any atom is 0.321 e. The van der Waals surface area contributed by atoms with Crippen molar-refractivity contribution >= 4 is 11.7 Å². The van der Waals surface area contributed by atoms with Crippen molar-refractivity contribution in [1.29, 1.82) is 0 Å². The van der Waals surface area contributed by atoms with Crippen molar-refractivity contribution in [2.24, 2.45) is 0 Å². The summed E-state index contributed by atoms with van der Waals surface area (Å²) in [7, 11) is 0. The van der Waals surface area contributed by atoms with Gasteiger partial charge in [0.25, 0.3) is 0 Å². The zero-order valence-electron chi connectivity index (χ0n) is 14.6. The minimum absolute atomic E-state index is 0.00996. The molecular weight excluding hydrogens is 302 g/mol. The minimum atomic E-state index is -0.0243. The second kappa shape index (κ2) is 6.63. The predicted octanol–water partition coefficient (Wildman–Crippen LogP) is 3.44. The molecule has 6 nitrogen and oxygen atoms in total. The van der Waals surface area contributed by atoms with E-state index in [4.69, 9.17) is 0 Å². The first-order chi connectivity index (χ1) is 11.4. The van der Waals surface area contributed by atoms with Gasteiger partial charge in [-0.15, -0.1) is 0 Å². The molecule has 128 valence electrons. The van der Waals surface area contributed by atoms with Gasteiger partial charge in [0.1, 0.15) is 12.7 Å². The van der Waals surface area contributed by atoms with Crippen molar-refractivity contribution in [2.75, 3.05) is 18.4 Å². The molecule has 0 bridgehead atoms. The molecule has 1 aromatic carbocycles. The highest BCUT2D eigenvalue weighted by atomic mass is 16.2. The van der Waals surface area contributed by atoms with Crippen LogP contribution in [0, 0.1) is 0 Å². The molecule has 0 spiro atoms. The summed E-state index contributed by atoms with van der Waals surface area (Å²) in [6.07, 6.45) is 5.11. The van der Waals surface area contributed by atoms with E-state index in [1.807, 2.05) is 27.8 Å². The Balaban J connectivity index is 1.63. The van der Waals surface area contributed by atoms with Crippen molar-refractivity contribution in [1.82, 2.24) is 19.7 Å². The Kier molecular flexibility index (Phi) is 4.55. The number of nitrogens with one attached hydrogen (secondary N) is 1. The molecule has 0 atom stereocenters. The number of hydrogen-bond donors (Lipinski definition) is 1. The van der Waals surface area contributed by atoms with Gasteiger partial charge < -0.3 is 10.2 Å². The number of carbonyl (C=O) groups excluding carboxylic acids is 1. The summed E-state index contributed by atoms with van der Waals surface area (Å²) >= 11 is 0. The number of aromatic nitrogens is 3. The molecule has 0 saturated carbocycles. The van der Waals surface area contributed by atoms with Gasteiger partial charge in [-0.3, -0.25) is 0 Å². The number of anilines is 1. The third-order valence-electron chi connectivity index (χ3n) is 4.54. The first kappa shape index (κ1) is 16.5. The van der Waals surface area contributed by atoms with E-state index in [0.29, 0.717) is 6.04 Å². The number of carbonyl (C=O) groups is 1. The molecule has 0 unspecified atom stereocenters. The van der Waals surface area contributed by atoms with Crippen LogP contribution in [0.15, 0.2) is 36.9 Å². The van der Waals surface area contributed by atoms with Crippen LogP contribution in [0.2, 0.25) is 0 Å².